The first-order valence-corrected chi connectivity index (χ1v) is 5.65. The van der Waals surface area contributed by atoms with Gasteiger partial charge in [-0.05, 0) is 45.2 Å². The van der Waals surface area contributed by atoms with Crippen LogP contribution in [0.5, 0.6) is 0 Å². The monoisotopic (exact) mass is 201 g/mol. The molecule has 0 aromatic heterocycles. The Hall–Kier alpha value is -0.120. The average molecular weight is 201 g/mol. The van der Waals surface area contributed by atoms with Crippen molar-refractivity contribution in [1.82, 2.24) is 5.32 Å². The smallest absolute Gasteiger partial charge is 0.0849 e. The van der Waals surface area contributed by atoms with E-state index in [1.165, 1.54) is 12.8 Å². The zero-order chi connectivity index (χ0) is 10.4. The molecule has 0 aromatic carbocycles. The second kappa shape index (κ2) is 5.69. The maximum atomic E-state index is 9.72. The molecule has 0 aromatic rings. The molecule has 1 aliphatic heterocycles. The van der Waals surface area contributed by atoms with Crippen molar-refractivity contribution in [2.75, 3.05) is 26.3 Å². The summed E-state index contributed by atoms with van der Waals surface area (Å²) in [6.07, 6.45) is 3.15. The molecule has 3 nitrogen and oxygen atoms in total. The summed E-state index contributed by atoms with van der Waals surface area (Å²) in [6, 6.07) is 0. The van der Waals surface area contributed by atoms with Gasteiger partial charge in [0.05, 0.1) is 12.2 Å². The van der Waals surface area contributed by atoms with Gasteiger partial charge in [-0.25, -0.2) is 0 Å². The zero-order valence-corrected chi connectivity index (χ0v) is 9.38. The van der Waals surface area contributed by atoms with E-state index in [-0.39, 0.29) is 0 Å². The Morgan fingerprint density at radius 3 is 2.64 bits per heavy atom. The first-order valence-electron chi connectivity index (χ1n) is 5.65. The van der Waals surface area contributed by atoms with Crippen LogP contribution < -0.4 is 5.32 Å². The second-order valence-corrected chi connectivity index (χ2v) is 4.56. The lowest BCUT2D eigenvalue weighted by Crippen LogP contribution is -2.33. The van der Waals surface area contributed by atoms with Crippen LogP contribution in [0.4, 0.5) is 0 Å². The fraction of sp³-hybridized carbons (Fsp3) is 1.00. The lowest BCUT2D eigenvalue weighted by atomic mass is 9.99. The van der Waals surface area contributed by atoms with Crippen molar-refractivity contribution >= 4 is 0 Å². The fourth-order valence-electron chi connectivity index (χ4n) is 1.60. The Bertz CT molecular complexity index is 153. The quantitative estimate of drug-likeness (QED) is 0.701. The predicted octanol–water partition coefficient (Wildman–Crippen LogP) is 1.16. The van der Waals surface area contributed by atoms with Crippen molar-refractivity contribution < 1.29 is 9.84 Å². The lowest BCUT2D eigenvalue weighted by Gasteiger charge is -2.25. The molecule has 0 aliphatic carbocycles. The largest absolute Gasteiger partial charge is 0.388 e. The van der Waals surface area contributed by atoms with E-state index in [4.69, 9.17) is 4.74 Å². The third-order valence-corrected chi connectivity index (χ3v) is 2.99. The Labute approximate surface area is 86.8 Å². The summed E-state index contributed by atoms with van der Waals surface area (Å²) in [6.45, 7) is 7.30. The van der Waals surface area contributed by atoms with Crippen LogP contribution in [0, 0.1) is 5.92 Å². The average Bonchev–Trinajstić information content (AvgIpc) is 2.19. The molecule has 1 unspecified atom stereocenters. The number of rotatable bonds is 5. The van der Waals surface area contributed by atoms with Crippen LogP contribution >= 0.6 is 0 Å². The van der Waals surface area contributed by atoms with Gasteiger partial charge in [-0.2, -0.15) is 0 Å². The summed E-state index contributed by atoms with van der Waals surface area (Å²) >= 11 is 0. The van der Waals surface area contributed by atoms with Gasteiger partial charge in [-0.1, -0.05) is 6.92 Å². The number of ether oxygens (including phenoxy) is 1. The van der Waals surface area contributed by atoms with Gasteiger partial charge < -0.3 is 15.2 Å². The molecule has 1 saturated heterocycles. The van der Waals surface area contributed by atoms with Gasteiger partial charge >= 0.3 is 0 Å². The fourth-order valence-corrected chi connectivity index (χ4v) is 1.60. The normalized spacial score (nSPS) is 23.4. The second-order valence-electron chi connectivity index (χ2n) is 4.56. The Balaban J connectivity index is 2.08. The van der Waals surface area contributed by atoms with E-state index in [9.17, 15) is 5.11 Å². The standard InChI is InChI=1S/C11H23NO2/c1-3-11(2,13)9-14-8-10-4-6-12-7-5-10/h10,12-13H,3-9H2,1-2H3. The maximum Gasteiger partial charge on any atom is 0.0849 e. The Kier molecular flexibility index (Phi) is 4.85. The van der Waals surface area contributed by atoms with Gasteiger partial charge in [-0.15, -0.1) is 0 Å². The first kappa shape index (κ1) is 12.0. The van der Waals surface area contributed by atoms with Crippen LogP contribution in [0.3, 0.4) is 0 Å². The molecule has 0 bridgehead atoms. The van der Waals surface area contributed by atoms with Gasteiger partial charge in [0.15, 0.2) is 0 Å². The van der Waals surface area contributed by atoms with Crippen molar-refractivity contribution in [1.29, 1.82) is 0 Å². The molecular formula is C11H23NO2. The van der Waals surface area contributed by atoms with Crippen molar-refractivity contribution in [2.45, 2.75) is 38.7 Å². The SMILES string of the molecule is CCC(C)(O)COCC1CCNCC1. The molecule has 0 radical (unpaired) electrons. The van der Waals surface area contributed by atoms with Crippen LogP contribution in [-0.4, -0.2) is 37.0 Å². The van der Waals surface area contributed by atoms with Crippen molar-refractivity contribution in [3.05, 3.63) is 0 Å². The van der Waals surface area contributed by atoms with Crippen LogP contribution in [0.25, 0.3) is 0 Å². The van der Waals surface area contributed by atoms with Crippen molar-refractivity contribution in [3.8, 4) is 0 Å². The topological polar surface area (TPSA) is 41.5 Å². The van der Waals surface area contributed by atoms with Crippen LogP contribution in [0.2, 0.25) is 0 Å². The van der Waals surface area contributed by atoms with E-state index in [1.807, 2.05) is 13.8 Å². The lowest BCUT2D eigenvalue weighted by molar-refractivity contribution is -0.0462. The van der Waals surface area contributed by atoms with Gasteiger partial charge in [-0.3, -0.25) is 0 Å². The van der Waals surface area contributed by atoms with Gasteiger partial charge in [0, 0.05) is 6.61 Å². The molecule has 3 heteroatoms. The number of piperidine rings is 1. The highest BCUT2D eigenvalue weighted by molar-refractivity contribution is 4.71. The molecule has 0 saturated carbocycles. The highest BCUT2D eigenvalue weighted by Gasteiger charge is 2.19. The molecule has 0 amide bonds. The van der Waals surface area contributed by atoms with Crippen LogP contribution in [0.15, 0.2) is 0 Å². The first-order chi connectivity index (χ1) is 6.64. The van der Waals surface area contributed by atoms with Crippen LogP contribution in [0.1, 0.15) is 33.1 Å². The summed E-state index contributed by atoms with van der Waals surface area (Å²) in [5.41, 5.74) is -0.646. The van der Waals surface area contributed by atoms with Gasteiger partial charge in [0.2, 0.25) is 0 Å². The van der Waals surface area contributed by atoms with Crippen molar-refractivity contribution in [3.63, 3.8) is 0 Å². The minimum Gasteiger partial charge on any atom is -0.388 e. The predicted molar refractivity (Wildman–Crippen MR) is 57.3 cm³/mol. The minimum atomic E-state index is -0.646. The highest BCUT2D eigenvalue weighted by atomic mass is 16.5. The summed E-state index contributed by atoms with van der Waals surface area (Å²) < 4.78 is 5.55. The minimum absolute atomic E-state index is 0.466. The zero-order valence-electron chi connectivity index (χ0n) is 9.38. The number of hydrogen-bond donors (Lipinski definition) is 2. The third-order valence-electron chi connectivity index (χ3n) is 2.99. The molecule has 1 rings (SSSR count). The summed E-state index contributed by atoms with van der Waals surface area (Å²) in [4.78, 5) is 0. The Morgan fingerprint density at radius 2 is 2.07 bits per heavy atom. The molecule has 2 N–H and O–H groups in total. The van der Waals surface area contributed by atoms with E-state index < -0.39 is 5.60 Å². The molecule has 1 fully saturated rings. The molecule has 1 atom stereocenters. The van der Waals surface area contributed by atoms with Crippen LogP contribution in [-0.2, 0) is 4.74 Å². The molecular weight excluding hydrogens is 178 g/mol. The molecule has 1 heterocycles. The van der Waals surface area contributed by atoms with E-state index >= 15 is 0 Å². The molecule has 1 aliphatic rings. The van der Waals surface area contributed by atoms with Crippen molar-refractivity contribution in [2.24, 2.45) is 5.92 Å². The number of aliphatic hydroxyl groups is 1. The maximum absolute atomic E-state index is 9.72. The summed E-state index contributed by atoms with van der Waals surface area (Å²) in [7, 11) is 0. The Morgan fingerprint density at radius 1 is 1.43 bits per heavy atom. The third kappa shape index (κ3) is 4.40. The van der Waals surface area contributed by atoms with Gasteiger partial charge in [0.1, 0.15) is 0 Å². The molecule has 0 spiro atoms. The summed E-state index contributed by atoms with van der Waals surface area (Å²) in [5, 5.41) is 13.0. The van der Waals surface area contributed by atoms with E-state index in [1.54, 1.807) is 0 Å². The van der Waals surface area contributed by atoms with E-state index in [0.29, 0.717) is 12.5 Å². The van der Waals surface area contributed by atoms with E-state index in [0.717, 1.165) is 26.1 Å². The van der Waals surface area contributed by atoms with Gasteiger partial charge in [0.25, 0.3) is 0 Å². The number of hydrogen-bond acceptors (Lipinski definition) is 3. The number of nitrogens with one attached hydrogen (secondary N) is 1. The summed E-state index contributed by atoms with van der Waals surface area (Å²) in [5.74, 6) is 0.684. The highest BCUT2D eigenvalue weighted by Crippen LogP contribution is 2.14. The molecule has 14 heavy (non-hydrogen) atoms. The molecule has 84 valence electrons. The van der Waals surface area contributed by atoms with E-state index in [2.05, 4.69) is 5.32 Å².